The number of hydrogen-bond donors (Lipinski definition) is 2. The number of methoxy groups -OCH3 is 1. The van der Waals surface area contributed by atoms with Crippen molar-refractivity contribution in [2.24, 2.45) is 4.99 Å². The minimum Gasteiger partial charge on any atom is -0.497 e. The van der Waals surface area contributed by atoms with E-state index in [0.717, 1.165) is 22.4 Å². The molecule has 2 N–H and O–H groups in total. The van der Waals surface area contributed by atoms with Gasteiger partial charge >= 0.3 is 0 Å². The van der Waals surface area contributed by atoms with E-state index in [1.54, 1.807) is 7.11 Å². The number of H-pyrrole nitrogens is 1. The second kappa shape index (κ2) is 8.22. The first kappa shape index (κ1) is 19.6. The van der Waals surface area contributed by atoms with Crippen molar-refractivity contribution in [2.75, 3.05) is 7.11 Å². The molecule has 1 heterocycles. The smallest absolute Gasteiger partial charge is 0.264 e. The number of aryl methyl sites for hydroxylation is 2. The number of aliphatic imine (C=N–C) groups is 1. The normalized spacial score (nSPS) is 11.1. The van der Waals surface area contributed by atoms with Gasteiger partial charge in [-0.15, -0.1) is 0 Å². The predicted molar refractivity (Wildman–Crippen MR) is 113 cm³/mol. The number of aromatic nitrogens is 2. The fourth-order valence-corrected chi connectivity index (χ4v) is 3.23. The zero-order valence-electron chi connectivity index (χ0n) is 15.9. The Hall–Kier alpha value is -3.19. The molecule has 7 heteroatoms. The van der Waals surface area contributed by atoms with Crippen LogP contribution in [0.15, 0.2) is 52.3 Å². The van der Waals surface area contributed by atoms with Crippen LogP contribution in [0.4, 0.5) is 0 Å². The fraction of sp³-hybridized carbons (Fsp3) is 0.190. The van der Waals surface area contributed by atoms with Crippen molar-refractivity contribution in [2.45, 2.75) is 20.4 Å². The summed E-state index contributed by atoms with van der Waals surface area (Å²) in [6, 6.07) is 13.3. The van der Waals surface area contributed by atoms with Gasteiger partial charge in [-0.25, -0.2) is 0 Å². The minimum atomic E-state index is -0.485. The largest absolute Gasteiger partial charge is 0.497 e. The van der Waals surface area contributed by atoms with Gasteiger partial charge in [-0.2, -0.15) is 0 Å². The van der Waals surface area contributed by atoms with Crippen LogP contribution in [0.25, 0.3) is 5.69 Å². The molecule has 0 radical (unpaired) electrons. The van der Waals surface area contributed by atoms with E-state index >= 15 is 0 Å². The molecule has 28 heavy (non-hydrogen) atoms. The van der Waals surface area contributed by atoms with E-state index in [2.05, 4.69) is 9.98 Å². The standard InChI is InChI=1S/C21H21N3O3S/c1-13-8-14(2)10-16(9-13)24-20(26)18(19(25)23-21(24)28)12-22-11-15-4-6-17(27-3)7-5-15/h4-10,12,26H,11H2,1-3H3,(H,23,25,28). The van der Waals surface area contributed by atoms with Gasteiger partial charge in [-0.3, -0.25) is 19.3 Å². The number of nitrogens with one attached hydrogen (secondary N) is 1. The molecule has 0 spiro atoms. The van der Waals surface area contributed by atoms with Crippen molar-refractivity contribution < 1.29 is 9.84 Å². The molecule has 0 aliphatic heterocycles. The van der Waals surface area contributed by atoms with E-state index < -0.39 is 5.56 Å². The molecular formula is C21H21N3O3S. The zero-order valence-corrected chi connectivity index (χ0v) is 16.7. The Kier molecular flexibility index (Phi) is 5.75. The third kappa shape index (κ3) is 4.20. The topological polar surface area (TPSA) is 79.6 Å². The Bertz CT molecular complexity index is 1120. The molecular weight excluding hydrogens is 374 g/mol. The summed E-state index contributed by atoms with van der Waals surface area (Å²) < 4.78 is 6.69. The Balaban J connectivity index is 1.97. The van der Waals surface area contributed by atoms with Crippen LogP contribution >= 0.6 is 12.2 Å². The summed E-state index contributed by atoms with van der Waals surface area (Å²) in [6.45, 7) is 4.28. The second-order valence-electron chi connectivity index (χ2n) is 6.50. The van der Waals surface area contributed by atoms with E-state index in [-0.39, 0.29) is 16.2 Å². The van der Waals surface area contributed by atoms with Crippen molar-refractivity contribution in [3.05, 3.63) is 79.8 Å². The lowest BCUT2D eigenvalue weighted by atomic mass is 10.1. The molecule has 0 bridgehead atoms. The Morgan fingerprint density at radius 1 is 1.18 bits per heavy atom. The van der Waals surface area contributed by atoms with Gasteiger partial charge in [-0.05, 0) is 67.0 Å². The highest BCUT2D eigenvalue weighted by atomic mass is 32.1. The average molecular weight is 395 g/mol. The van der Waals surface area contributed by atoms with Crippen LogP contribution in [0.1, 0.15) is 22.3 Å². The van der Waals surface area contributed by atoms with Gasteiger partial charge < -0.3 is 9.84 Å². The lowest BCUT2D eigenvalue weighted by Gasteiger charge is -2.12. The molecule has 1 aromatic heterocycles. The quantitative estimate of drug-likeness (QED) is 0.508. The molecule has 0 saturated carbocycles. The van der Waals surface area contributed by atoms with E-state index in [4.69, 9.17) is 17.0 Å². The van der Waals surface area contributed by atoms with Crippen LogP contribution in [0.3, 0.4) is 0 Å². The van der Waals surface area contributed by atoms with Gasteiger partial charge in [0.1, 0.15) is 11.3 Å². The molecule has 0 fully saturated rings. The SMILES string of the molecule is COc1ccc(CN=Cc2c(O)n(-c3cc(C)cc(C)c3)c(=S)[nH]c2=O)cc1. The van der Waals surface area contributed by atoms with E-state index in [1.807, 2.05) is 56.3 Å². The minimum absolute atomic E-state index is 0.0567. The fourth-order valence-electron chi connectivity index (χ4n) is 2.95. The highest BCUT2D eigenvalue weighted by molar-refractivity contribution is 7.71. The van der Waals surface area contributed by atoms with Crippen molar-refractivity contribution in [1.29, 1.82) is 0 Å². The van der Waals surface area contributed by atoms with Crippen LogP contribution in [0, 0.1) is 18.6 Å². The van der Waals surface area contributed by atoms with Crippen LogP contribution in [-0.2, 0) is 6.54 Å². The summed E-state index contributed by atoms with van der Waals surface area (Å²) in [4.78, 5) is 19.2. The lowest BCUT2D eigenvalue weighted by Crippen LogP contribution is -2.18. The summed E-state index contributed by atoms with van der Waals surface area (Å²) in [7, 11) is 1.61. The van der Waals surface area contributed by atoms with Gasteiger partial charge in [0.15, 0.2) is 4.77 Å². The van der Waals surface area contributed by atoms with Gasteiger partial charge in [0.05, 0.1) is 19.3 Å². The highest BCUT2D eigenvalue weighted by Crippen LogP contribution is 2.21. The summed E-state index contributed by atoms with van der Waals surface area (Å²) in [6.07, 6.45) is 1.37. The zero-order chi connectivity index (χ0) is 20.3. The number of ether oxygens (including phenoxy) is 1. The number of benzene rings is 2. The Morgan fingerprint density at radius 3 is 2.43 bits per heavy atom. The number of aromatic amines is 1. The number of hydrogen-bond acceptors (Lipinski definition) is 5. The predicted octanol–water partition coefficient (Wildman–Crippen LogP) is 3.85. The molecule has 6 nitrogen and oxygen atoms in total. The molecule has 0 aliphatic rings. The van der Waals surface area contributed by atoms with Gasteiger partial charge in [-0.1, -0.05) is 18.2 Å². The third-order valence-corrected chi connectivity index (χ3v) is 4.52. The molecule has 2 aromatic carbocycles. The Labute approximate surface area is 167 Å². The monoisotopic (exact) mass is 395 g/mol. The van der Waals surface area contributed by atoms with E-state index in [9.17, 15) is 9.90 Å². The maximum absolute atomic E-state index is 12.3. The number of rotatable bonds is 5. The highest BCUT2D eigenvalue weighted by Gasteiger charge is 2.13. The molecule has 3 aromatic rings. The maximum atomic E-state index is 12.3. The molecule has 144 valence electrons. The van der Waals surface area contributed by atoms with Crippen molar-refractivity contribution in [3.63, 3.8) is 0 Å². The molecule has 3 rings (SSSR count). The van der Waals surface area contributed by atoms with E-state index in [0.29, 0.717) is 12.2 Å². The average Bonchev–Trinajstić information content (AvgIpc) is 2.64. The molecule has 0 amide bonds. The first-order valence-electron chi connectivity index (χ1n) is 8.69. The van der Waals surface area contributed by atoms with Gasteiger partial charge in [0, 0.05) is 6.21 Å². The van der Waals surface area contributed by atoms with Crippen LogP contribution in [0.2, 0.25) is 0 Å². The van der Waals surface area contributed by atoms with Crippen LogP contribution in [-0.4, -0.2) is 28.0 Å². The summed E-state index contributed by atoms with van der Waals surface area (Å²) >= 11 is 5.26. The van der Waals surface area contributed by atoms with Crippen molar-refractivity contribution >= 4 is 18.4 Å². The van der Waals surface area contributed by atoms with E-state index in [1.165, 1.54) is 10.8 Å². The Morgan fingerprint density at radius 2 is 1.82 bits per heavy atom. The summed E-state index contributed by atoms with van der Waals surface area (Å²) in [5, 5.41) is 10.7. The van der Waals surface area contributed by atoms with Gasteiger partial charge in [0.2, 0.25) is 5.88 Å². The van der Waals surface area contributed by atoms with Crippen molar-refractivity contribution in [1.82, 2.24) is 9.55 Å². The van der Waals surface area contributed by atoms with Gasteiger partial charge in [0.25, 0.3) is 5.56 Å². The first-order valence-corrected chi connectivity index (χ1v) is 9.09. The second-order valence-corrected chi connectivity index (χ2v) is 6.88. The maximum Gasteiger partial charge on any atom is 0.264 e. The number of nitrogens with zero attached hydrogens (tertiary/aromatic N) is 2. The molecule has 0 saturated heterocycles. The summed E-state index contributed by atoms with van der Waals surface area (Å²) in [5.41, 5.74) is 3.26. The lowest BCUT2D eigenvalue weighted by molar-refractivity contribution is 0.414. The number of aromatic hydroxyl groups is 1. The third-order valence-electron chi connectivity index (χ3n) is 4.24. The first-order chi connectivity index (χ1) is 13.4. The molecule has 0 aliphatic carbocycles. The van der Waals surface area contributed by atoms with Crippen LogP contribution < -0.4 is 10.3 Å². The van der Waals surface area contributed by atoms with Crippen LogP contribution in [0.5, 0.6) is 11.6 Å². The van der Waals surface area contributed by atoms with Crippen molar-refractivity contribution in [3.8, 4) is 17.3 Å². The molecule has 0 atom stereocenters. The molecule has 0 unspecified atom stereocenters. The summed E-state index contributed by atoms with van der Waals surface area (Å²) in [5.74, 6) is 0.523.